The number of rotatable bonds is 5. The summed E-state index contributed by atoms with van der Waals surface area (Å²) in [7, 11) is 0. The average molecular weight is 349 g/mol. The molecule has 7 nitrogen and oxygen atoms in total. The lowest BCUT2D eigenvalue weighted by Crippen LogP contribution is -2.16. The summed E-state index contributed by atoms with van der Waals surface area (Å²) < 4.78 is 5.33. The molecule has 0 saturated carbocycles. The number of aromatic nitrogens is 3. The summed E-state index contributed by atoms with van der Waals surface area (Å²) in [5.41, 5.74) is 9.67. The Labute approximate surface area is 150 Å². The van der Waals surface area contributed by atoms with E-state index < -0.39 is 0 Å². The highest BCUT2D eigenvalue weighted by Crippen LogP contribution is 2.19. The van der Waals surface area contributed by atoms with E-state index in [1.807, 2.05) is 37.3 Å². The average Bonchev–Trinajstić information content (AvgIpc) is 3.10. The summed E-state index contributed by atoms with van der Waals surface area (Å²) in [6, 6.07) is 9.64. The zero-order valence-electron chi connectivity index (χ0n) is 14.7. The van der Waals surface area contributed by atoms with E-state index in [0.29, 0.717) is 36.7 Å². The smallest absolute Gasteiger partial charge is 0.266 e. The number of aryl methyl sites for hydroxylation is 2. The molecule has 2 aromatic heterocycles. The van der Waals surface area contributed by atoms with Crippen molar-refractivity contribution in [2.75, 3.05) is 0 Å². The van der Waals surface area contributed by atoms with Crippen LogP contribution in [-0.2, 0) is 19.4 Å². The largest absolute Gasteiger partial charge is 0.339 e. The normalized spacial score (nSPS) is 10.7. The molecule has 26 heavy (non-hydrogen) atoms. The number of pyridine rings is 1. The first-order chi connectivity index (χ1) is 12.5. The van der Waals surface area contributed by atoms with Gasteiger partial charge in [0.15, 0.2) is 0 Å². The number of benzene rings is 1. The van der Waals surface area contributed by atoms with Crippen molar-refractivity contribution in [2.45, 2.75) is 33.2 Å². The molecule has 0 aliphatic carbocycles. The van der Waals surface area contributed by atoms with Gasteiger partial charge in [0.1, 0.15) is 11.6 Å². The van der Waals surface area contributed by atoms with Gasteiger partial charge in [-0.25, -0.2) is 0 Å². The second kappa shape index (κ2) is 7.33. The Morgan fingerprint density at radius 3 is 2.62 bits per heavy atom. The van der Waals surface area contributed by atoms with Crippen LogP contribution in [0.15, 0.2) is 33.6 Å². The van der Waals surface area contributed by atoms with E-state index in [2.05, 4.69) is 15.1 Å². The lowest BCUT2D eigenvalue weighted by atomic mass is 9.99. The van der Waals surface area contributed by atoms with Gasteiger partial charge in [-0.15, -0.1) is 0 Å². The number of nitrogens with two attached hydrogens (primary N) is 1. The van der Waals surface area contributed by atoms with Gasteiger partial charge in [0.25, 0.3) is 5.56 Å². The third-order valence-corrected chi connectivity index (χ3v) is 4.43. The summed E-state index contributed by atoms with van der Waals surface area (Å²) in [4.78, 5) is 18.9. The summed E-state index contributed by atoms with van der Waals surface area (Å²) in [5.74, 6) is 1.03. The molecule has 7 heteroatoms. The van der Waals surface area contributed by atoms with Crippen LogP contribution < -0.4 is 11.3 Å². The van der Waals surface area contributed by atoms with Gasteiger partial charge in [-0.3, -0.25) is 4.79 Å². The summed E-state index contributed by atoms with van der Waals surface area (Å²) in [6.45, 7) is 4.10. The monoisotopic (exact) mass is 349 g/mol. The van der Waals surface area contributed by atoms with Crippen molar-refractivity contribution in [1.29, 1.82) is 5.26 Å². The number of hydrogen-bond donors (Lipinski definition) is 2. The highest BCUT2D eigenvalue weighted by molar-refractivity contribution is 5.54. The topological polar surface area (TPSA) is 122 Å². The van der Waals surface area contributed by atoms with Gasteiger partial charge in [-0.05, 0) is 37.0 Å². The molecule has 0 aliphatic rings. The van der Waals surface area contributed by atoms with Gasteiger partial charge in [0.05, 0.1) is 0 Å². The van der Waals surface area contributed by atoms with E-state index in [4.69, 9.17) is 15.5 Å². The van der Waals surface area contributed by atoms with Gasteiger partial charge in [0.2, 0.25) is 11.7 Å². The maximum atomic E-state index is 11.8. The fraction of sp³-hybridized carbons (Fsp3) is 0.263. The van der Waals surface area contributed by atoms with Crippen molar-refractivity contribution < 1.29 is 4.52 Å². The van der Waals surface area contributed by atoms with Gasteiger partial charge in [-0.2, -0.15) is 10.2 Å². The third-order valence-electron chi connectivity index (χ3n) is 4.43. The minimum Gasteiger partial charge on any atom is -0.339 e. The molecule has 3 aromatic rings. The van der Waals surface area contributed by atoms with E-state index >= 15 is 0 Å². The summed E-state index contributed by atoms with van der Waals surface area (Å²) in [6.07, 6.45) is 1.11. The highest BCUT2D eigenvalue weighted by atomic mass is 16.5. The molecule has 3 N–H and O–H groups in total. The number of aromatic amines is 1. The Kier molecular flexibility index (Phi) is 4.96. The van der Waals surface area contributed by atoms with Crippen molar-refractivity contribution in [3.05, 3.63) is 68.5 Å². The zero-order chi connectivity index (χ0) is 18.7. The fourth-order valence-electron chi connectivity index (χ4n) is 2.92. The van der Waals surface area contributed by atoms with Crippen molar-refractivity contribution >= 4 is 0 Å². The maximum Gasteiger partial charge on any atom is 0.266 e. The van der Waals surface area contributed by atoms with Crippen LogP contribution in [0.4, 0.5) is 0 Å². The first-order valence-electron chi connectivity index (χ1n) is 8.28. The first kappa shape index (κ1) is 17.6. The molecule has 0 fully saturated rings. The van der Waals surface area contributed by atoms with Gasteiger partial charge in [0, 0.05) is 24.2 Å². The van der Waals surface area contributed by atoms with Crippen LogP contribution in [0.25, 0.3) is 11.4 Å². The van der Waals surface area contributed by atoms with Crippen LogP contribution >= 0.6 is 0 Å². The molecule has 2 heterocycles. The standard InChI is InChI=1S/C19H19N5O2/c1-11-15(12(2)22-19(25)16(11)10-21)7-8-17-23-18(24-26-17)14-5-3-13(9-20)4-6-14/h3-6H,7-9,20H2,1-2H3,(H,22,25). The molecule has 0 saturated heterocycles. The number of nitrogens with zero attached hydrogens (tertiary/aromatic N) is 3. The lowest BCUT2D eigenvalue weighted by molar-refractivity contribution is 0.378. The minimum absolute atomic E-state index is 0.150. The predicted octanol–water partition coefficient (Wildman–Crippen LogP) is 2.16. The van der Waals surface area contributed by atoms with Crippen LogP contribution in [0, 0.1) is 25.2 Å². The van der Waals surface area contributed by atoms with E-state index in [1.54, 1.807) is 6.92 Å². The molecule has 0 spiro atoms. The number of nitriles is 1. The highest BCUT2D eigenvalue weighted by Gasteiger charge is 2.14. The molecule has 0 unspecified atom stereocenters. The van der Waals surface area contributed by atoms with Crippen LogP contribution in [-0.4, -0.2) is 15.1 Å². The van der Waals surface area contributed by atoms with Crippen molar-refractivity contribution in [1.82, 2.24) is 15.1 Å². The van der Waals surface area contributed by atoms with Crippen molar-refractivity contribution in [2.24, 2.45) is 5.73 Å². The predicted molar refractivity (Wildman–Crippen MR) is 96.3 cm³/mol. The Hall–Kier alpha value is -3.24. The first-order valence-corrected chi connectivity index (χ1v) is 8.28. The summed E-state index contributed by atoms with van der Waals surface area (Å²) in [5, 5.41) is 13.2. The van der Waals surface area contributed by atoms with E-state index in [9.17, 15) is 4.79 Å². The minimum atomic E-state index is -0.354. The Bertz CT molecular complexity index is 1030. The Balaban J connectivity index is 1.78. The lowest BCUT2D eigenvalue weighted by Gasteiger charge is -2.09. The molecule has 0 bridgehead atoms. The number of hydrogen-bond acceptors (Lipinski definition) is 6. The van der Waals surface area contributed by atoms with Gasteiger partial charge < -0.3 is 15.2 Å². The molecular weight excluding hydrogens is 330 g/mol. The molecule has 0 amide bonds. The zero-order valence-corrected chi connectivity index (χ0v) is 14.7. The van der Waals surface area contributed by atoms with Crippen LogP contribution in [0.1, 0.15) is 33.8 Å². The SMILES string of the molecule is Cc1[nH]c(=O)c(C#N)c(C)c1CCc1nc(-c2ccc(CN)cc2)no1. The van der Waals surface area contributed by atoms with Crippen molar-refractivity contribution in [3.8, 4) is 17.5 Å². The molecule has 1 aromatic carbocycles. The van der Waals surface area contributed by atoms with Crippen molar-refractivity contribution in [3.63, 3.8) is 0 Å². The molecule has 3 rings (SSSR count). The molecule has 0 atom stereocenters. The van der Waals surface area contributed by atoms with Crippen LogP contribution in [0.3, 0.4) is 0 Å². The Morgan fingerprint density at radius 1 is 1.23 bits per heavy atom. The number of H-pyrrole nitrogens is 1. The summed E-state index contributed by atoms with van der Waals surface area (Å²) >= 11 is 0. The maximum absolute atomic E-state index is 11.8. The quantitative estimate of drug-likeness (QED) is 0.728. The van der Waals surface area contributed by atoms with Gasteiger partial charge in [-0.1, -0.05) is 29.4 Å². The second-order valence-electron chi connectivity index (χ2n) is 6.08. The molecular formula is C19H19N5O2. The fourth-order valence-corrected chi connectivity index (χ4v) is 2.92. The van der Waals surface area contributed by atoms with Gasteiger partial charge >= 0.3 is 0 Å². The third kappa shape index (κ3) is 3.41. The molecule has 0 aliphatic heterocycles. The number of nitrogens with one attached hydrogen (secondary N) is 1. The van der Waals surface area contributed by atoms with Crippen LogP contribution in [0.5, 0.6) is 0 Å². The Morgan fingerprint density at radius 2 is 1.96 bits per heavy atom. The van der Waals surface area contributed by atoms with Crippen LogP contribution in [0.2, 0.25) is 0 Å². The molecule has 132 valence electrons. The molecule has 0 radical (unpaired) electrons. The van der Waals surface area contributed by atoms with E-state index in [0.717, 1.165) is 22.4 Å². The van der Waals surface area contributed by atoms with E-state index in [-0.39, 0.29) is 11.1 Å². The second-order valence-corrected chi connectivity index (χ2v) is 6.08. The van der Waals surface area contributed by atoms with E-state index in [1.165, 1.54) is 0 Å².